The maximum Gasteiger partial charge on any atom is 0.253 e. The number of fused-ring (bicyclic) bond motifs is 1. The summed E-state index contributed by atoms with van der Waals surface area (Å²) in [5, 5.41) is 0. The van der Waals surface area contributed by atoms with E-state index in [1.807, 2.05) is 17.9 Å². The van der Waals surface area contributed by atoms with E-state index in [-0.39, 0.29) is 23.4 Å². The summed E-state index contributed by atoms with van der Waals surface area (Å²) in [4.78, 5) is 17.5. The zero-order valence-electron chi connectivity index (χ0n) is 9.23. The minimum Gasteiger partial charge on any atom is -0.369 e. The second-order valence-electron chi connectivity index (χ2n) is 4.63. The Morgan fingerprint density at radius 1 is 1.73 bits per heavy atom. The lowest BCUT2D eigenvalue weighted by Crippen LogP contribution is -2.56. The molecule has 1 unspecified atom stereocenters. The fourth-order valence-corrected chi connectivity index (χ4v) is 2.61. The van der Waals surface area contributed by atoms with Crippen LogP contribution in [0.5, 0.6) is 0 Å². The number of hydrogen-bond donors (Lipinski definition) is 1. The van der Waals surface area contributed by atoms with Crippen LogP contribution in [0.4, 0.5) is 0 Å². The van der Waals surface area contributed by atoms with E-state index in [4.69, 9.17) is 5.73 Å². The van der Waals surface area contributed by atoms with E-state index >= 15 is 0 Å². The van der Waals surface area contributed by atoms with Crippen LogP contribution in [0.25, 0.3) is 0 Å². The predicted octanol–water partition coefficient (Wildman–Crippen LogP) is 0.887. The molecule has 0 bridgehead atoms. The van der Waals surface area contributed by atoms with Crippen LogP contribution in [-0.4, -0.2) is 28.3 Å². The highest BCUT2D eigenvalue weighted by atomic mass is 16.1. The third kappa shape index (κ3) is 1.28. The summed E-state index contributed by atoms with van der Waals surface area (Å²) in [6.07, 6.45) is 3.86. The topological polar surface area (TPSA) is 58.7 Å². The number of carbonyl (C=O) groups is 1. The highest BCUT2D eigenvalue weighted by Gasteiger charge is 2.48. The maximum atomic E-state index is 11.5. The average Bonchev–Trinajstić information content (AvgIpc) is 2.54. The average molecular weight is 207 g/mol. The largest absolute Gasteiger partial charge is 0.369 e. The zero-order valence-corrected chi connectivity index (χ0v) is 9.23. The van der Waals surface area contributed by atoms with E-state index in [9.17, 15) is 4.79 Å². The second kappa shape index (κ2) is 3.08. The summed E-state index contributed by atoms with van der Waals surface area (Å²) < 4.78 is 0. The van der Waals surface area contributed by atoms with Crippen molar-refractivity contribution in [1.29, 1.82) is 0 Å². The summed E-state index contributed by atoms with van der Waals surface area (Å²) in [6.45, 7) is 7.86. The van der Waals surface area contributed by atoms with Crippen molar-refractivity contribution >= 4 is 11.9 Å². The van der Waals surface area contributed by atoms with Crippen LogP contribution < -0.4 is 5.73 Å². The number of amides is 1. The van der Waals surface area contributed by atoms with E-state index in [0.29, 0.717) is 5.96 Å². The van der Waals surface area contributed by atoms with Crippen molar-refractivity contribution in [2.45, 2.75) is 38.3 Å². The number of nitrogens with zero attached hydrogens (tertiary/aromatic N) is 2. The monoisotopic (exact) mass is 207 g/mol. The lowest BCUT2D eigenvalue weighted by atomic mass is 9.98. The molecule has 0 aliphatic carbocycles. The van der Waals surface area contributed by atoms with Crippen LogP contribution in [0.3, 0.4) is 0 Å². The number of carbonyl (C=O) groups excluding carboxylic acids is 1. The van der Waals surface area contributed by atoms with Crippen molar-refractivity contribution in [3.8, 4) is 0 Å². The Hall–Kier alpha value is -1.32. The Balaban J connectivity index is 2.43. The number of nitrogens with two attached hydrogens (primary N) is 1. The Morgan fingerprint density at radius 3 is 3.00 bits per heavy atom. The number of guanidine groups is 1. The van der Waals surface area contributed by atoms with Gasteiger partial charge >= 0.3 is 0 Å². The van der Waals surface area contributed by atoms with Crippen molar-refractivity contribution in [2.24, 2.45) is 16.6 Å². The van der Waals surface area contributed by atoms with Crippen molar-refractivity contribution in [3.05, 3.63) is 12.7 Å². The standard InChI is InChI=1S/C11H17N3O/c1-4-11(3)6-5-8-7(2)9(15)13-10(12)14(8)11/h4,7-8H,1,5-6H2,2-3H3,(H2,12,13,15)/t7-,8-,11?/m0/s1. The molecule has 1 amide bonds. The Kier molecular flexibility index (Phi) is 2.10. The summed E-state index contributed by atoms with van der Waals surface area (Å²) >= 11 is 0. The third-order valence-electron chi connectivity index (χ3n) is 3.71. The molecule has 2 rings (SSSR count). The lowest BCUT2D eigenvalue weighted by molar-refractivity contribution is -0.123. The maximum absolute atomic E-state index is 11.5. The first kappa shape index (κ1) is 10.2. The summed E-state index contributed by atoms with van der Waals surface area (Å²) in [6, 6.07) is 0.193. The number of rotatable bonds is 1. The SMILES string of the molecule is C=CC1(C)CC[C@H]2[C@H](C)C(=O)N=C(N)N21. The predicted molar refractivity (Wildman–Crippen MR) is 59.3 cm³/mol. The lowest BCUT2D eigenvalue weighted by Gasteiger charge is -2.41. The molecule has 4 heteroatoms. The van der Waals surface area contributed by atoms with E-state index in [0.717, 1.165) is 12.8 Å². The van der Waals surface area contributed by atoms with Gasteiger partial charge in [0, 0.05) is 6.04 Å². The van der Waals surface area contributed by atoms with Gasteiger partial charge in [-0.2, -0.15) is 4.99 Å². The van der Waals surface area contributed by atoms with Gasteiger partial charge in [-0.15, -0.1) is 6.58 Å². The molecule has 0 radical (unpaired) electrons. The van der Waals surface area contributed by atoms with Crippen LogP contribution in [0.15, 0.2) is 17.6 Å². The van der Waals surface area contributed by atoms with Gasteiger partial charge in [-0.25, -0.2) is 0 Å². The van der Waals surface area contributed by atoms with E-state index < -0.39 is 0 Å². The fourth-order valence-electron chi connectivity index (χ4n) is 2.61. The van der Waals surface area contributed by atoms with E-state index in [1.165, 1.54) is 0 Å². The third-order valence-corrected chi connectivity index (χ3v) is 3.71. The van der Waals surface area contributed by atoms with Gasteiger partial charge in [0.25, 0.3) is 5.91 Å². The van der Waals surface area contributed by atoms with Gasteiger partial charge in [0.2, 0.25) is 0 Å². The van der Waals surface area contributed by atoms with Crippen LogP contribution in [0.1, 0.15) is 26.7 Å². The van der Waals surface area contributed by atoms with Gasteiger partial charge in [-0.1, -0.05) is 13.0 Å². The highest BCUT2D eigenvalue weighted by molar-refractivity contribution is 5.97. The minimum atomic E-state index is -0.146. The Bertz CT molecular complexity index is 350. The van der Waals surface area contributed by atoms with Crippen LogP contribution >= 0.6 is 0 Å². The van der Waals surface area contributed by atoms with Gasteiger partial charge in [-0.05, 0) is 19.8 Å². The fraction of sp³-hybridized carbons (Fsp3) is 0.636. The first-order chi connectivity index (χ1) is 6.99. The molecule has 0 aromatic rings. The molecule has 2 aliphatic heterocycles. The molecule has 4 nitrogen and oxygen atoms in total. The molecule has 1 saturated heterocycles. The molecule has 0 aromatic carbocycles. The molecular formula is C11H17N3O. The summed E-state index contributed by atoms with van der Waals surface area (Å²) in [5.41, 5.74) is 5.69. The van der Waals surface area contributed by atoms with Crippen molar-refractivity contribution in [3.63, 3.8) is 0 Å². The molecular weight excluding hydrogens is 190 g/mol. The molecule has 2 heterocycles. The van der Waals surface area contributed by atoms with Crippen LogP contribution in [0, 0.1) is 5.92 Å². The van der Waals surface area contributed by atoms with Crippen molar-refractivity contribution < 1.29 is 4.79 Å². The second-order valence-corrected chi connectivity index (χ2v) is 4.63. The number of aliphatic imine (C=N–C) groups is 1. The van der Waals surface area contributed by atoms with Crippen molar-refractivity contribution in [2.75, 3.05) is 0 Å². The molecule has 15 heavy (non-hydrogen) atoms. The van der Waals surface area contributed by atoms with Crippen molar-refractivity contribution in [1.82, 2.24) is 4.90 Å². The van der Waals surface area contributed by atoms with E-state index in [1.54, 1.807) is 0 Å². The van der Waals surface area contributed by atoms with Gasteiger partial charge in [-0.3, -0.25) is 4.79 Å². The molecule has 2 N–H and O–H groups in total. The summed E-state index contributed by atoms with van der Waals surface area (Å²) in [5.74, 6) is 0.198. The molecule has 0 aromatic heterocycles. The van der Waals surface area contributed by atoms with Gasteiger partial charge < -0.3 is 10.6 Å². The smallest absolute Gasteiger partial charge is 0.253 e. The molecule has 0 spiro atoms. The quantitative estimate of drug-likeness (QED) is 0.649. The van der Waals surface area contributed by atoms with Crippen LogP contribution in [0.2, 0.25) is 0 Å². The van der Waals surface area contributed by atoms with E-state index in [2.05, 4.69) is 18.5 Å². The summed E-state index contributed by atoms with van der Waals surface area (Å²) in [7, 11) is 0. The molecule has 0 saturated carbocycles. The van der Waals surface area contributed by atoms with Crippen LogP contribution in [-0.2, 0) is 4.79 Å². The molecule has 2 aliphatic rings. The zero-order chi connectivity index (χ0) is 11.2. The normalized spacial score (nSPS) is 40.0. The van der Waals surface area contributed by atoms with Gasteiger partial charge in [0.1, 0.15) is 0 Å². The first-order valence-corrected chi connectivity index (χ1v) is 5.30. The Labute approximate surface area is 89.8 Å². The first-order valence-electron chi connectivity index (χ1n) is 5.30. The Morgan fingerprint density at radius 2 is 2.40 bits per heavy atom. The number of hydrogen-bond acceptors (Lipinski definition) is 3. The minimum absolute atomic E-state index is 0.0564. The van der Waals surface area contributed by atoms with Gasteiger partial charge in [0.15, 0.2) is 5.96 Å². The molecule has 82 valence electrons. The molecule has 3 atom stereocenters. The molecule has 1 fully saturated rings. The van der Waals surface area contributed by atoms with Gasteiger partial charge in [0.05, 0.1) is 11.5 Å². The highest BCUT2D eigenvalue weighted by Crippen LogP contribution is 2.39.